The normalized spacial score (nSPS) is 14.9. The molecule has 1 aliphatic rings. The van der Waals surface area contributed by atoms with Crippen LogP contribution in [0.1, 0.15) is 28.8 Å². The predicted molar refractivity (Wildman–Crippen MR) is 108 cm³/mol. The number of benzene rings is 2. The Morgan fingerprint density at radius 2 is 1.86 bits per heavy atom. The number of carbonyl (C=O) groups is 1. The van der Waals surface area contributed by atoms with Crippen molar-refractivity contribution in [3.63, 3.8) is 0 Å². The van der Waals surface area contributed by atoms with Crippen LogP contribution in [-0.2, 0) is 0 Å². The monoisotopic (exact) mass is 378 g/mol. The Labute approximate surface area is 163 Å². The topological polar surface area (TPSA) is 61.0 Å². The predicted octanol–water partition coefficient (Wildman–Crippen LogP) is 3.92. The molecule has 0 saturated carbocycles. The lowest BCUT2D eigenvalue weighted by Crippen LogP contribution is -2.45. The number of nitrogens with one attached hydrogen (secondary N) is 2. The number of aryl methyl sites for hydroxylation is 1. The van der Waals surface area contributed by atoms with Crippen LogP contribution in [0.2, 0.25) is 0 Å². The molecular weight excluding hydrogens is 355 g/mol. The minimum Gasteiger partial charge on any atom is -0.355 e. The van der Waals surface area contributed by atoms with Crippen molar-refractivity contribution in [2.24, 2.45) is 0 Å². The highest BCUT2D eigenvalue weighted by molar-refractivity contribution is 5.95. The van der Waals surface area contributed by atoms with Gasteiger partial charge in [0.2, 0.25) is 0 Å². The molecule has 2 aromatic carbocycles. The van der Waals surface area contributed by atoms with E-state index in [0.29, 0.717) is 0 Å². The van der Waals surface area contributed by atoms with E-state index >= 15 is 0 Å². The fourth-order valence-corrected chi connectivity index (χ4v) is 3.59. The van der Waals surface area contributed by atoms with Gasteiger partial charge in [-0.3, -0.25) is 9.89 Å². The van der Waals surface area contributed by atoms with Gasteiger partial charge in [-0.25, -0.2) is 4.39 Å². The van der Waals surface area contributed by atoms with Crippen LogP contribution < -0.4 is 10.2 Å². The molecule has 0 unspecified atom stereocenters. The molecule has 0 bridgehead atoms. The van der Waals surface area contributed by atoms with Crippen LogP contribution in [0.5, 0.6) is 0 Å². The molecule has 1 fully saturated rings. The number of hydrogen-bond donors (Lipinski definition) is 2. The molecule has 2 heterocycles. The second-order valence-electron chi connectivity index (χ2n) is 7.20. The average molecular weight is 378 g/mol. The number of aromatic nitrogens is 2. The minimum atomic E-state index is -0.252. The fourth-order valence-electron chi connectivity index (χ4n) is 3.59. The second kappa shape index (κ2) is 7.84. The van der Waals surface area contributed by atoms with Gasteiger partial charge in [0.1, 0.15) is 5.82 Å². The van der Waals surface area contributed by atoms with Crippen molar-refractivity contribution < 1.29 is 9.18 Å². The quantitative estimate of drug-likeness (QED) is 0.723. The Hall–Kier alpha value is -3.15. The first-order chi connectivity index (χ1) is 13.6. The molecule has 1 aliphatic heterocycles. The lowest BCUT2D eigenvalue weighted by atomic mass is 10.0. The zero-order valence-electron chi connectivity index (χ0n) is 15.8. The van der Waals surface area contributed by atoms with Gasteiger partial charge in [0.15, 0.2) is 5.82 Å². The van der Waals surface area contributed by atoms with Crippen LogP contribution in [0.15, 0.2) is 54.6 Å². The SMILES string of the molecule is Cc1ccccc1C(=O)NC1CCN(c2cc(-c3ccc(F)cc3)[nH]n2)CC1. The summed E-state index contributed by atoms with van der Waals surface area (Å²) in [4.78, 5) is 14.7. The molecule has 0 spiro atoms. The number of carbonyl (C=O) groups excluding carboxylic acids is 1. The third-order valence-electron chi connectivity index (χ3n) is 5.26. The third-order valence-corrected chi connectivity index (χ3v) is 5.26. The summed E-state index contributed by atoms with van der Waals surface area (Å²) in [6.07, 6.45) is 1.74. The summed E-state index contributed by atoms with van der Waals surface area (Å²) >= 11 is 0. The van der Waals surface area contributed by atoms with E-state index in [4.69, 9.17) is 0 Å². The highest BCUT2D eigenvalue weighted by atomic mass is 19.1. The number of anilines is 1. The first-order valence-corrected chi connectivity index (χ1v) is 9.53. The van der Waals surface area contributed by atoms with E-state index < -0.39 is 0 Å². The maximum Gasteiger partial charge on any atom is 0.251 e. The molecule has 6 heteroatoms. The molecule has 2 N–H and O–H groups in total. The fraction of sp³-hybridized carbons (Fsp3) is 0.273. The Morgan fingerprint density at radius 3 is 2.57 bits per heavy atom. The van der Waals surface area contributed by atoms with Crippen LogP contribution in [0, 0.1) is 12.7 Å². The number of rotatable bonds is 4. The smallest absolute Gasteiger partial charge is 0.251 e. The molecule has 4 rings (SSSR count). The van der Waals surface area contributed by atoms with E-state index in [9.17, 15) is 9.18 Å². The van der Waals surface area contributed by atoms with E-state index in [0.717, 1.165) is 54.1 Å². The largest absolute Gasteiger partial charge is 0.355 e. The average Bonchev–Trinajstić information content (AvgIpc) is 3.19. The van der Waals surface area contributed by atoms with Crippen LogP contribution in [0.25, 0.3) is 11.3 Å². The van der Waals surface area contributed by atoms with Gasteiger partial charge in [0.05, 0.1) is 5.69 Å². The van der Waals surface area contributed by atoms with Crippen molar-refractivity contribution in [2.45, 2.75) is 25.8 Å². The van der Waals surface area contributed by atoms with Crippen molar-refractivity contribution in [1.82, 2.24) is 15.5 Å². The number of piperidine rings is 1. The molecule has 3 aromatic rings. The van der Waals surface area contributed by atoms with Gasteiger partial charge >= 0.3 is 0 Å². The summed E-state index contributed by atoms with van der Waals surface area (Å²) in [5.74, 6) is 0.622. The number of H-pyrrole nitrogens is 1. The van der Waals surface area contributed by atoms with Gasteiger partial charge in [0, 0.05) is 30.8 Å². The van der Waals surface area contributed by atoms with Gasteiger partial charge in [-0.05, 0) is 61.2 Å². The van der Waals surface area contributed by atoms with E-state index in [1.807, 2.05) is 37.3 Å². The summed E-state index contributed by atoms with van der Waals surface area (Å²) in [7, 11) is 0. The lowest BCUT2D eigenvalue weighted by molar-refractivity contribution is 0.0930. The summed E-state index contributed by atoms with van der Waals surface area (Å²) < 4.78 is 13.1. The number of amides is 1. The van der Waals surface area contributed by atoms with Gasteiger partial charge in [-0.1, -0.05) is 18.2 Å². The first kappa shape index (κ1) is 18.2. The number of halogens is 1. The van der Waals surface area contributed by atoms with Crippen LogP contribution in [-0.4, -0.2) is 35.2 Å². The van der Waals surface area contributed by atoms with E-state index in [2.05, 4.69) is 20.4 Å². The van der Waals surface area contributed by atoms with Crippen molar-refractivity contribution in [2.75, 3.05) is 18.0 Å². The Kier molecular flexibility index (Phi) is 5.10. The summed E-state index contributed by atoms with van der Waals surface area (Å²) in [6, 6.07) is 16.2. The van der Waals surface area contributed by atoms with Gasteiger partial charge in [-0.15, -0.1) is 0 Å². The summed E-state index contributed by atoms with van der Waals surface area (Å²) in [5.41, 5.74) is 3.49. The molecule has 28 heavy (non-hydrogen) atoms. The lowest BCUT2D eigenvalue weighted by Gasteiger charge is -2.32. The van der Waals surface area contributed by atoms with Crippen LogP contribution in [0.4, 0.5) is 10.2 Å². The van der Waals surface area contributed by atoms with E-state index in [1.165, 1.54) is 12.1 Å². The number of nitrogens with zero attached hydrogens (tertiary/aromatic N) is 2. The first-order valence-electron chi connectivity index (χ1n) is 9.53. The zero-order chi connectivity index (χ0) is 19.5. The van der Waals surface area contributed by atoms with E-state index in [-0.39, 0.29) is 17.8 Å². The second-order valence-corrected chi connectivity index (χ2v) is 7.20. The zero-order valence-corrected chi connectivity index (χ0v) is 15.8. The molecule has 0 radical (unpaired) electrons. The minimum absolute atomic E-state index is 0.00471. The van der Waals surface area contributed by atoms with E-state index in [1.54, 1.807) is 12.1 Å². The Morgan fingerprint density at radius 1 is 1.14 bits per heavy atom. The number of hydrogen-bond acceptors (Lipinski definition) is 3. The molecule has 1 saturated heterocycles. The maximum absolute atomic E-state index is 13.1. The number of aromatic amines is 1. The van der Waals surface area contributed by atoms with Gasteiger partial charge < -0.3 is 10.2 Å². The van der Waals surface area contributed by atoms with Crippen LogP contribution in [0.3, 0.4) is 0 Å². The highest BCUT2D eigenvalue weighted by Crippen LogP contribution is 2.24. The van der Waals surface area contributed by atoms with Crippen molar-refractivity contribution in [3.05, 3.63) is 71.5 Å². The van der Waals surface area contributed by atoms with Crippen LogP contribution >= 0.6 is 0 Å². The van der Waals surface area contributed by atoms with Gasteiger partial charge in [-0.2, -0.15) is 5.10 Å². The Balaban J connectivity index is 1.35. The molecule has 0 atom stereocenters. The molecule has 5 nitrogen and oxygen atoms in total. The summed E-state index contributed by atoms with van der Waals surface area (Å²) in [6.45, 7) is 3.60. The van der Waals surface area contributed by atoms with Crippen molar-refractivity contribution >= 4 is 11.7 Å². The third kappa shape index (κ3) is 3.91. The van der Waals surface area contributed by atoms with Gasteiger partial charge in [0.25, 0.3) is 5.91 Å². The molecule has 0 aliphatic carbocycles. The molecule has 1 amide bonds. The molecule has 144 valence electrons. The Bertz CT molecular complexity index is 959. The molecule has 1 aromatic heterocycles. The van der Waals surface area contributed by atoms with Crippen molar-refractivity contribution in [3.8, 4) is 11.3 Å². The van der Waals surface area contributed by atoms with Crippen molar-refractivity contribution in [1.29, 1.82) is 0 Å². The summed E-state index contributed by atoms with van der Waals surface area (Å²) in [5, 5.41) is 10.6. The highest BCUT2D eigenvalue weighted by Gasteiger charge is 2.23. The maximum atomic E-state index is 13.1. The standard InChI is InChI=1S/C22H23FN4O/c1-15-4-2-3-5-19(15)22(28)24-18-10-12-27(13-11-18)21-14-20(25-26-21)16-6-8-17(23)9-7-16/h2-9,14,18H,10-13H2,1H3,(H,24,28)(H,25,26). The molecular formula is C22H23FN4O.